The SMILES string of the molecule is [B]OC(C(O)C(O)CO)C(O)C(O)C(O)C(O)CO. The van der Waals surface area contributed by atoms with E-state index in [9.17, 15) is 25.5 Å². The molecule has 0 rings (SSSR count). The summed E-state index contributed by atoms with van der Waals surface area (Å²) in [4.78, 5) is 0. The van der Waals surface area contributed by atoms with E-state index in [-0.39, 0.29) is 0 Å². The molecule has 7 atom stereocenters. The monoisotopic (exact) mass is 282 g/mol. The molecule has 0 aromatic rings. The van der Waals surface area contributed by atoms with Gasteiger partial charge in [-0.25, -0.2) is 0 Å². The molecule has 0 aromatic heterocycles. The first-order chi connectivity index (χ1) is 8.81. The lowest BCUT2D eigenvalue weighted by Gasteiger charge is -2.34. The van der Waals surface area contributed by atoms with Gasteiger partial charge in [0.05, 0.1) is 19.3 Å². The summed E-state index contributed by atoms with van der Waals surface area (Å²) >= 11 is 0. The smallest absolute Gasteiger partial charge is 0.283 e. The van der Waals surface area contributed by atoms with Gasteiger partial charge in [0, 0.05) is 0 Å². The third kappa shape index (κ3) is 4.95. The van der Waals surface area contributed by atoms with Gasteiger partial charge in [0.2, 0.25) is 0 Å². The van der Waals surface area contributed by atoms with Gasteiger partial charge in [-0.05, 0) is 0 Å². The third-order valence-electron chi connectivity index (χ3n) is 2.69. The molecule has 0 bridgehead atoms. The van der Waals surface area contributed by atoms with Crippen molar-refractivity contribution in [3.05, 3.63) is 0 Å². The summed E-state index contributed by atoms with van der Waals surface area (Å²) in [6.45, 7) is -1.73. The van der Waals surface area contributed by atoms with Gasteiger partial charge in [0.1, 0.15) is 36.6 Å². The minimum Gasteiger partial charge on any atom is -0.440 e. The Hall–Kier alpha value is -0.295. The second kappa shape index (κ2) is 8.79. The summed E-state index contributed by atoms with van der Waals surface area (Å²) in [5.74, 6) is 0. The summed E-state index contributed by atoms with van der Waals surface area (Å²) in [5, 5.41) is 73.5. The van der Waals surface area contributed by atoms with E-state index in [0.29, 0.717) is 0 Å². The number of aliphatic hydroxyl groups excluding tert-OH is 8. The summed E-state index contributed by atoms with van der Waals surface area (Å²) < 4.78 is 4.20. The fraction of sp³-hybridized carbons (Fsp3) is 1.00. The molecule has 112 valence electrons. The molecule has 7 unspecified atom stereocenters. The highest BCUT2D eigenvalue weighted by molar-refractivity contribution is 5.98. The van der Waals surface area contributed by atoms with Crippen molar-refractivity contribution in [2.45, 2.75) is 42.7 Å². The van der Waals surface area contributed by atoms with Crippen LogP contribution >= 0.6 is 0 Å². The van der Waals surface area contributed by atoms with Gasteiger partial charge in [-0.2, -0.15) is 0 Å². The maximum Gasteiger partial charge on any atom is 0.283 e. The maximum absolute atomic E-state index is 9.65. The Kier molecular flexibility index (Phi) is 8.66. The van der Waals surface area contributed by atoms with Crippen molar-refractivity contribution in [1.29, 1.82) is 0 Å². The Morgan fingerprint density at radius 2 is 1.11 bits per heavy atom. The van der Waals surface area contributed by atoms with Crippen LogP contribution in [0.3, 0.4) is 0 Å². The second-order valence-electron chi connectivity index (χ2n) is 4.06. The standard InChI is InChI=1S/C9H19BO9/c10-19-9(6(16)4(14)2-12)8(18)7(17)5(15)3(13)1-11/h3-9,11-18H,1-2H2. The number of rotatable bonds is 9. The average Bonchev–Trinajstić information content (AvgIpc) is 2.43. The molecule has 0 spiro atoms. The van der Waals surface area contributed by atoms with Crippen molar-refractivity contribution in [3.63, 3.8) is 0 Å². The van der Waals surface area contributed by atoms with Crippen molar-refractivity contribution in [2.75, 3.05) is 13.2 Å². The molecule has 0 saturated carbocycles. The van der Waals surface area contributed by atoms with Crippen LogP contribution in [0.25, 0.3) is 0 Å². The Balaban J connectivity index is 4.78. The van der Waals surface area contributed by atoms with E-state index in [0.717, 1.165) is 0 Å². The minimum atomic E-state index is -2.02. The lowest BCUT2D eigenvalue weighted by molar-refractivity contribution is -0.165. The zero-order valence-electron chi connectivity index (χ0n) is 10.0. The van der Waals surface area contributed by atoms with Crippen molar-refractivity contribution < 1.29 is 45.5 Å². The molecule has 19 heavy (non-hydrogen) atoms. The molecule has 8 N–H and O–H groups in total. The van der Waals surface area contributed by atoms with E-state index in [2.05, 4.69) is 4.65 Å². The van der Waals surface area contributed by atoms with E-state index in [1.807, 2.05) is 0 Å². The normalized spacial score (nSPS) is 23.2. The fourth-order valence-corrected chi connectivity index (χ4v) is 1.42. The predicted octanol–water partition coefficient (Wildman–Crippen LogP) is -5.39. The molecular weight excluding hydrogens is 263 g/mol. The van der Waals surface area contributed by atoms with Gasteiger partial charge in [-0.15, -0.1) is 0 Å². The van der Waals surface area contributed by atoms with Crippen LogP contribution in [0, 0.1) is 0 Å². The van der Waals surface area contributed by atoms with Gasteiger partial charge in [-0.1, -0.05) is 0 Å². The highest BCUT2D eigenvalue weighted by atomic mass is 16.5. The molecule has 0 heterocycles. The van der Waals surface area contributed by atoms with Crippen molar-refractivity contribution >= 4 is 8.05 Å². The van der Waals surface area contributed by atoms with Crippen LogP contribution in [0.2, 0.25) is 0 Å². The number of hydrogen-bond donors (Lipinski definition) is 8. The Morgan fingerprint density at radius 1 is 0.684 bits per heavy atom. The van der Waals surface area contributed by atoms with Crippen LogP contribution in [0.15, 0.2) is 0 Å². The first kappa shape index (κ1) is 18.7. The largest absolute Gasteiger partial charge is 0.440 e. The first-order valence-electron chi connectivity index (χ1n) is 5.47. The molecule has 0 saturated heterocycles. The summed E-state index contributed by atoms with van der Waals surface area (Å²) in [6, 6.07) is 0. The van der Waals surface area contributed by atoms with Crippen LogP contribution in [-0.2, 0) is 4.65 Å². The van der Waals surface area contributed by atoms with E-state index in [1.165, 1.54) is 0 Å². The molecule has 0 aromatic carbocycles. The molecule has 0 aliphatic carbocycles. The van der Waals surface area contributed by atoms with Crippen molar-refractivity contribution in [2.24, 2.45) is 0 Å². The van der Waals surface area contributed by atoms with Gasteiger partial charge in [0.25, 0.3) is 8.05 Å². The summed E-state index contributed by atoms with van der Waals surface area (Å²) in [6.07, 6.45) is -13.0. The average molecular weight is 282 g/mol. The molecule has 2 radical (unpaired) electrons. The summed E-state index contributed by atoms with van der Waals surface area (Å²) in [5.41, 5.74) is 0. The molecule has 10 heteroatoms. The molecule has 0 aliphatic heterocycles. The second-order valence-corrected chi connectivity index (χ2v) is 4.06. The van der Waals surface area contributed by atoms with E-state index in [1.54, 1.807) is 0 Å². The molecule has 0 amide bonds. The highest BCUT2D eigenvalue weighted by Crippen LogP contribution is 2.15. The molecular formula is C9H19BO9. The lowest BCUT2D eigenvalue weighted by Crippen LogP contribution is -2.56. The van der Waals surface area contributed by atoms with Gasteiger partial charge < -0.3 is 45.5 Å². The number of aliphatic hydroxyl groups is 8. The summed E-state index contributed by atoms with van der Waals surface area (Å²) in [7, 11) is 4.80. The van der Waals surface area contributed by atoms with Gasteiger partial charge >= 0.3 is 0 Å². The van der Waals surface area contributed by atoms with E-state index in [4.69, 9.17) is 23.4 Å². The van der Waals surface area contributed by atoms with Crippen LogP contribution in [0.4, 0.5) is 0 Å². The fourth-order valence-electron chi connectivity index (χ4n) is 1.42. The predicted molar refractivity (Wildman–Crippen MR) is 60.8 cm³/mol. The molecule has 0 aliphatic rings. The molecule has 9 nitrogen and oxygen atoms in total. The first-order valence-corrected chi connectivity index (χ1v) is 5.47. The van der Waals surface area contributed by atoms with E-state index >= 15 is 0 Å². The zero-order valence-corrected chi connectivity index (χ0v) is 10.0. The van der Waals surface area contributed by atoms with Crippen LogP contribution < -0.4 is 0 Å². The highest BCUT2D eigenvalue weighted by Gasteiger charge is 2.39. The van der Waals surface area contributed by atoms with Crippen LogP contribution in [0.1, 0.15) is 0 Å². The van der Waals surface area contributed by atoms with Crippen LogP contribution in [0.5, 0.6) is 0 Å². The maximum atomic E-state index is 9.65. The Morgan fingerprint density at radius 3 is 1.47 bits per heavy atom. The third-order valence-corrected chi connectivity index (χ3v) is 2.69. The topological polar surface area (TPSA) is 171 Å². The molecule has 0 fully saturated rings. The van der Waals surface area contributed by atoms with Crippen molar-refractivity contribution in [1.82, 2.24) is 0 Å². The van der Waals surface area contributed by atoms with E-state index < -0.39 is 55.9 Å². The van der Waals surface area contributed by atoms with Gasteiger partial charge in [0.15, 0.2) is 0 Å². The Labute approximate surface area is 110 Å². The minimum absolute atomic E-state index is 0.855. The van der Waals surface area contributed by atoms with Crippen molar-refractivity contribution in [3.8, 4) is 0 Å². The zero-order chi connectivity index (χ0) is 15.2. The quantitative estimate of drug-likeness (QED) is 0.192. The van der Waals surface area contributed by atoms with Gasteiger partial charge in [-0.3, -0.25) is 0 Å². The lowest BCUT2D eigenvalue weighted by atomic mass is 9.94. The van der Waals surface area contributed by atoms with Crippen LogP contribution in [-0.4, -0.2) is 105 Å². The number of hydrogen-bond acceptors (Lipinski definition) is 9. The Bertz CT molecular complexity index is 244.